The van der Waals surface area contributed by atoms with Crippen molar-refractivity contribution in [2.75, 3.05) is 11.9 Å². The second-order valence-electron chi connectivity index (χ2n) is 4.43. The highest BCUT2D eigenvalue weighted by Gasteiger charge is 2.09. The Balaban J connectivity index is 1.62. The van der Waals surface area contributed by atoms with E-state index >= 15 is 0 Å². The maximum absolute atomic E-state index is 6.17. The van der Waals surface area contributed by atoms with Gasteiger partial charge in [-0.05, 0) is 13.0 Å². The summed E-state index contributed by atoms with van der Waals surface area (Å²) in [6.07, 6.45) is 0.880. The quantitative estimate of drug-likeness (QED) is 0.755. The molecule has 7 heteroatoms. The predicted molar refractivity (Wildman–Crippen MR) is 89.4 cm³/mol. The Morgan fingerprint density at radius 3 is 2.86 bits per heavy atom. The lowest BCUT2D eigenvalue weighted by atomic mass is 10.2. The monoisotopic (exact) mass is 336 g/mol. The molecule has 0 bridgehead atoms. The first kappa shape index (κ1) is 14.4. The van der Waals surface area contributed by atoms with Crippen LogP contribution in [0.15, 0.2) is 29.6 Å². The van der Waals surface area contributed by atoms with E-state index in [1.165, 1.54) is 11.3 Å². The van der Waals surface area contributed by atoms with Crippen molar-refractivity contribution in [3.8, 4) is 10.6 Å². The Hall–Kier alpha value is -1.50. The van der Waals surface area contributed by atoms with Crippen LogP contribution in [0.2, 0.25) is 5.02 Å². The van der Waals surface area contributed by atoms with E-state index < -0.39 is 0 Å². The molecule has 0 aliphatic rings. The predicted octanol–water partition coefficient (Wildman–Crippen LogP) is 4.28. The Morgan fingerprint density at radius 2 is 2.10 bits per heavy atom. The van der Waals surface area contributed by atoms with E-state index in [9.17, 15) is 0 Å². The Kier molecular flexibility index (Phi) is 4.48. The smallest absolute Gasteiger partial charge is 0.206 e. The number of thiazole rings is 1. The molecular weight excluding hydrogens is 324 g/mol. The molecule has 0 atom stereocenters. The van der Waals surface area contributed by atoms with Gasteiger partial charge < -0.3 is 5.32 Å². The summed E-state index contributed by atoms with van der Waals surface area (Å²) in [5.41, 5.74) is 2.03. The first-order valence-electron chi connectivity index (χ1n) is 6.45. The zero-order valence-electron chi connectivity index (χ0n) is 11.3. The molecule has 1 N–H and O–H groups in total. The third-order valence-electron chi connectivity index (χ3n) is 2.85. The molecule has 0 saturated carbocycles. The van der Waals surface area contributed by atoms with Crippen molar-refractivity contribution in [1.29, 1.82) is 0 Å². The van der Waals surface area contributed by atoms with Gasteiger partial charge in [-0.25, -0.2) is 4.98 Å². The first-order valence-corrected chi connectivity index (χ1v) is 8.53. The number of hydrogen-bond donors (Lipinski definition) is 1. The van der Waals surface area contributed by atoms with E-state index in [0.717, 1.165) is 39.4 Å². The summed E-state index contributed by atoms with van der Waals surface area (Å²) in [4.78, 5) is 4.43. The molecule has 0 unspecified atom stereocenters. The molecule has 3 aromatic rings. The molecule has 0 amide bonds. The summed E-state index contributed by atoms with van der Waals surface area (Å²) >= 11 is 9.35. The molecule has 2 aromatic heterocycles. The van der Waals surface area contributed by atoms with Crippen LogP contribution in [0.25, 0.3) is 10.6 Å². The molecule has 0 spiro atoms. The summed E-state index contributed by atoms with van der Waals surface area (Å²) in [6, 6.07) is 7.66. The topological polar surface area (TPSA) is 50.7 Å². The Morgan fingerprint density at radius 1 is 1.24 bits per heavy atom. The Bertz CT molecular complexity index is 738. The van der Waals surface area contributed by atoms with Gasteiger partial charge >= 0.3 is 0 Å². The SMILES string of the molecule is Cc1nc(CCNc2nnc(-c3ccccc3Cl)s2)cs1. The zero-order valence-corrected chi connectivity index (χ0v) is 13.7. The van der Waals surface area contributed by atoms with Crippen LogP contribution < -0.4 is 5.32 Å². The van der Waals surface area contributed by atoms with Crippen molar-refractivity contribution in [3.05, 3.63) is 45.4 Å². The molecular formula is C14H13ClN4S2. The number of nitrogens with zero attached hydrogens (tertiary/aromatic N) is 3. The van der Waals surface area contributed by atoms with Crippen molar-refractivity contribution < 1.29 is 0 Å². The normalized spacial score (nSPS) is 10.8. The van der Waals surface area contributed by atoms with Gasteiger partial charge in [0.1, 0.15) is 0 Å². The highest BCUT2D eigenvalue weighted by molar-refractivity contribution is 7.18. The average molecular weight is 337 g/mol. The lowest BCUT2D eigenvalue weighted by molar-refractivity contribution is 0.956. The lowest BCUT2D eigenvalue weighted by Gasteiger charge is -1.99. The van der Waals surface area contributed by atoms with Crippen LogP contribution in [0.1, 0.15) is 10.7 Å². The van der Waals surface area contributed by atoms with E-state index in [1.807, 2.05) is 31.2 Å². The summed E-state index contributed by atoms with van der Waals surface area (Å²) in [7, 11) is 0. The number of rotatable bonds is 5. The zero-order chi connectivity index (χ0) is 14.7. The lowest BCUT2D eigenvalue weighted by Crippen LogP contribution is -2.04. The van der Waals surface area contributed by atoms with Crippen LogP contribution >= 0.6 is 34.3 Å². The number of hydrogen-bond acceptors (Lipinski definition) is 6. The van der Waals surface area contributed by atoms with Crippen LogP contribution in [0.4, 0.5) is 5.13 Å². The third-order valence-corrected chi connectivity index (χ3v) is 4.92. The summed E-state index contributed by atoms with van der Waals surface area (Å²) in [6.45, 7) is 2.81. The van der Waals surface area contributed by atoms with Crippen molar-refractivity contribution in [2.24, 2.45) is 0 Å². The van der Waals surface area contributed by atoms with Gasteiger partial charge in [0.25, 0.3) is 0 Å². The second-order valence-corrected chi connectivity index (χ2v) is 6.87. The highest BCUT2D eigenvalue weighted by atomic mass is 35.5. The molecule has 0 aliphatic carbocycles. The van der Waals surface area contributed by atoms with Crippen LogP contribution in [0.5, 0.6) is 0 Å². The van der Waals surface area contributed by atoms with Gasteiger partial charge in [-0.2, -0.15) is 0 Å². The van der Waals surface area contributed by atoms with Gasteiger partial charge in [-0.1, -0.05) is 41.1 Å². The van der Waals surface area contributed by atoms with Crippen molar-refractivity contribution in [1.82, 2.24) is 15.2 Å². The van der Waals surface area contributed by atoms with Crippen LogP contribution in [-0.4, -0.2) is 21.7 Å². The Labute approximate surface area is 135 Å². The molecule has 0 aliphatic heterocycles. The van der Waals surface area contributed by atoms with Crippen molar-refractivity contribution in [3.63, 3.8) is 0 Å². The number of nitrogens with one attached hydrogen (secondary N) is 1. The fourth-order valence-corrected chi connectivity index (χ4v) is 3.60. The number of aromatic nitrogens is 3. The number of benzene rings is 1. The maximum atomic E-state index is 6.17. The molecule has 4 nitrogen and oxygen atoms in total. The molecule has 0 fully saturated rings. The van der Waals surface area contributed by atoms with E-state index in [0.29, 0.717) is 5.02 Å². The van der Waals surface area contributed by atoms with Crippen molar-refractivity contribution in [2.45, 2.75) is 13.3 Å². The maximum Gasteiger partial charge on any atom is 0.206 e. The summed E-state index contributed by atoms with van der Waals surface area (Å²) in [5.74, 6) is 0. The summed E-state index contributed by atoms with van der Waals surface area (Å²) < 4.78 is 0. The fourth-order valence-electron chi connectivity index (χ4n) is 1.86. The van der Waals surface area contributed by atoms with Gasteiger partial charge in [0, 0.05) is 23.9 Å². The molecule has 1 aromatic carbocycles. The molecule has 3 rings (SSSR count). The van der Waals surface area contributed by atoms with Gasteiger partial charge in [-0.3, -0.25) is 0 Å². The first-order chi connectivity index (χ1) is 10.2. The number of anilines is 1. The van der Waals surface area contributed by atoms with Gasteiger partial charge in [0.2, 0.25) is 5.13 Å². The largest absolute Gasteiger partial charge is 0.360 e. The van der Waals surface area contributed by atoms with Crippen molar-refractivity contribution >= 4 is 39.4 Å². The minimum Gasteiger partial charge on any atom is -0.360 e. The van der Waals surface area contributed by atoms with Gasteiger partial charge in [0.15, 0.2) is 5.01 Å². The average Bonchev–Trinajstić information content (AvgIpc) is 3.09. The van der Waals surface area contributed by atoms with Crippen LogP contribution in [0, 0.1) is 6.92 Å². The van der Waals surface area contributed by atoms with E-state index in [-0.39, 0.29) is 0 Å². The number of halogens is 1. The third kappa shape index (κ3) is 3.58. The van der Waals surface area contributed by atoms with E-state index in [1.54, 1.807) is 11.3 Å². The van der Waals surface area contributed by atoms with E-state index in [2.05, 4.69) is 25.9 Å². The molecule has 108 valence electrons. The molecule has 21 heavy (non-hydrogen) atoms. The van der Waals surface area contributed by atoms with Gasteiger partial charge in [0.05, 0.1) is 15.7 Å². The van der Waals surface area contributed by atoms with Gasteiger partial charge in [-0.15, -0.1) is 21.5 Å². The van der Waals surface area contributed by atoms with Crippen LogP contribution in [-0.2, 0) is 6.42 Å². The number of aryl methyl sites for hydroxylation is 1. The fraction of sp³-hybridized carbons (Fsp3) is 0.214. The highest BCUT2D eigenvalue weighted by Crippen LogP contribution is 2.31. The molecule has 0 saturated heterocycles. The second kappa shape index (κ2) is 6.51. The summed E-state index contributed by atoms with van der Waals surface area (Å²) in [5, 5.41) is 17.1. The standard InChI is InChI=1S/C14H13ClN4S2/c1-9-17-10(8-20-9)6-7-16-14-19-18-13(21-14)11-4-2-3-5-12(11)15/h2-5,8H,6-7H2,1H3,(H,16,19). The van der Waals surface area contributed by atoms with E-state index in [4.69, 9.17) is 11.6 Å². The van der Waals surface area contributed by atoms with Crippen LogP contribution in [0.3, 0.4) is 0 Å². The molecule has 0 radical (unpaired) electrons. The minimum atomic E-state index is 0.693. The minimum absolute atomic E-state index is 0.693. The molecule has 2 heterocycles.